The minimum atomic E-state index is -0.982. The second kappa shape index (κ2) is 18.5. The Morgan fingerprint density at radius 1 is 0.735 bits per heavy atom. The Labute approximate surface area is 291 Å². The number of Topliss-reactive ketones (excluding diaryl/α,β-unsaturated/α-hetero) is 1. The van der Waals surface area contributed by atoms with E-state index in [4.69, 9.17) is 14.2 Å². The van der Waals surface area contributed by atoms with Crippen molar-refractivity contribution in [3.63, 3.8) is 0 Å². The van der Waals surface area contributed by atoms with Crippen molar-refractivity contribution in [1.29, 1.82) is 0 Å². The summed E-state index contributed by atoms with van der Waals surface area (Å²) in [5, 5.41) is 5.63. The molecule has 0 unspecified atom stereocenters. The summed E-state index contributed by atoms with van der Waals surface area (Å²) in [7, 11) is 1.60. The van der Waals surface area contributed by atoms with Gasteiger partial charge in [-0.25, -0.2) is 4.79 Å². The maximum atomic E-state index is 13.8. The predicted molar refractivity (Wildman–Crippen MR) is 191 cm³/mol. The number of carbonyl (C=O) groups excluding carboxylic acids is 4. The fourth-order valence-electron chi connectivity index (χ4n) is 4.90. The van der Waals surface area contributed by atoms with Gasteiger partial charge < -0.3 is 24.8 Å². The molecule has 0 radical (unpaired) electrons. The molecule has 0 saturated heterocycles. The van der Waals surface area contributed by atoms with Gasteiger partial charge in [0.1, 0.15) is 23.6 Å². The number of rotatable bonds is 17. The molecule has 0 bridgehead atoms. The van der Waals surface area contributed by atoms with Gasteiger partial charge in [0.05, 0.1) is 7.11 Å². The summed E-state index contributed by atoms with van der Waals surface area (Å²) in [6.07, 6.45) is -0.676. The molecule has 2 amide bonds. The number of benzene rings is 4. The Morgan fingerprint density at radius 2 is 1.31 bits per heavy atom. The highest BCUT2D eigenvalue weighted by molar-refractivity contribution is 7.98. The van der Waals surface area contributed by atoms with Crippen LogP contribution in [0.2, 0.25) is 0 Å². The summed E-state index contributed by atoms with van der Waals surface area (Å²) in [5.74, 6) is -0.0637. The highest BCUT2D eigenvalue weighted by atomic mass is 32.2. The Balaban J connectivity index is 1.46. The largest absolute Gasteiger partial charge is 0.497 e. The third kappa shape index (κ3) is 11.2. The lowest BCUT2D eigenvalue weighted by molar-refractivity contribution is -0.153. The molecule has 0 aromatic heterocycles. The monoisotopic (exact) mass is 682 g/mol. The number of thioether (sulfide) groups is 1. The lowest BCUT2D eigenvalue weighted by Crippen LogP contribution is -2.55. The van der Waals surface area contributed by atoms with Crippen molar-refractivity contribution in [1.82, 2.24) is 10.6 Å². The van der Waals surface area contributed by atoms with Gasteiger partial charge in [0.15, 0.2) is 18.5 Å². The lowest BCUT2D eigenvalue weighted by Gasteiger charge is -2.27. The number of ether oxygens (including phenoxy) is 3. The van der Waals surface area contributed by atoms with Crippen molar-refractivity contribution < 1.29 is 33.4 Å². The van der Waals surface area contributed by atoms with Crippen molar-refractivity contribution in [3.05, 3.63) is 131 Å². The molecule has 4 rings (SSSR count). The summed E-state index contributed by atoms with van der Waals surface area (Å²) < 4.78 is 16.9. The van der Waals surface area contributed by atoms with E-state index in [0.717, 1.165) is 22.4 Å². The first-order valence-corrected chi connectivity index (χ1v) is 17.1. The summed E-state index contributed by atoms with van der Waals surface area (Å²) in [5.41, 5.74) is 3.14. The second-order valence-corrected chi connectivity index (χ2v) is 12.8. The quantitative estimate of drug-likeness (QED) is 0.100. The predicted octanol–water partition coefficient (Wildman–Crippen LogP) is 6.17. The average molecular weight is 683 g/mol. The van der Waals surface area contributed by atoms with Gasteiger partial charge >= 0.3 is 5.97 Å². The number of carbonyl (C=O) groups is 4. The van der Waals surface area contributed by atoms with Crippen LogP contribution >= 0.6 is 11.8 Å². The first kappa shape index (κ1) is 36.7. The lowest BCUT2D eigenvalue weighted by atomic mass is 10.0. The van der Waals surface area contributed by atoms with E-state index in [9.17, 15) is 19.2 Å². The number of hydrogen-bond acceptors (Lipinski definition) is 8. The Morgan fingerprint density at radius 3 is 1.84 bits per heavy atom. The molecule has 0 fully saturated rings. The molecule has 0 spiro atoms. The Bertz CT molecular complexity index is 1620. The van der Waals surface area contributed by atoms with Crippen LogP contribution in [0.4, 0.5) is 0 Å². The zero-order valence-electron chi connectivity index (χ0n) is 28.1. The number of methoxy groups -OCH3 is 1. The number of amides is 2. The molecule has 0 saturated carbocycles. The third-order valence-electron chi connectivity index (χ3n) is 7.65. The first-order chi connectivity index (χ1) is 23.6. The van der Waals surface area contributed by atoms with Crippen LogP contribution in [0.5, 0.6) is 11.5 Å². The number of hydrogen-bond donors (Lipinski definition) is 2. The summed E-state index contributed by atoms with van der Waals surface area (Å²) >= 11 is 1.46. The SMILES string of the molecule is COc1ccc(CSC[C@H](NC(=O)COc2ccc(C(C)=O)cc2)C(=O)N[C@@H](C(=O)OC(c2ccccc2)c2ccccc2)C(C)C)cc1. The highest BCUT2D eigenvalue weighted by Crippen LogP contribution is 2.27. The van der Waals surface area contributed by atoms with Gasteiger partial charge in [-0.05, 0) is 65.9 Å². The molecule has 9 nitrogen and oxygen atoms in total. The van der Waals surface area contributed by atoms with Crippen LogP contribution < -0.4 is 20.1 Å². The van der Waals surface area contributed by atoms with Gasteiger partial charge in [0.2, 0.25) is 5.91 Å². The molecule has 49 heavy (non-hydrogen) atoms. The summed E-state index contributed by atoms with van der Waals surface area (Å²) in [6, 6.07) is 30.9. The standard InChI is InChI=1S/C39H42N2O7S/c1-26(2)36(39(45)48-37(30-11-7-5-8-12-30)31-13-9-6-10-14-31)41-38(44)34(25-49-24-28-15-19-32(46-4)20-16-28)40-35(43)23-47-33-21-17-29(18-22-33)27(3)42/h5-22,26,34,36-37H,23-25H2,1-4H3,(H,40,43)(H,41,44)/t34-,36+/m0/s1. The van der Waals surface area contributed by atoms with Gasteiger partial charge in [-0.3, -0.25) is 14.4 Å². The van der Waals surface area contributed by atoms with Gasteiger partial charge in [-0.15, -0.1) is 0 Å². The van der Waals surface area contributed by atoms with E-state index in [1.165, 1.54) is 18.7 Å². The second-order valence-electron chi connectivity index (χ2n) is 11.7. The zero-order valence-corrected chi connectivity index (χ0v) is 28.9. The Hall–Kier alpha value is -5.09. The molecule has 256 valence electrons. The van der Waals surface area contributed by atoms with Gasteiger partial charge in [0.25, 0.3) is 5.91 Å². The van der Waals surface area contributed by atoms with E-state index in [1.54, 1.807) is 31.4 Å². The van der Waals surface area contributed by atoms with E-state index < -0.39 is 36.0 Å². The molecule has 10 heteroatoms. The topological polar surface area (TPSA) is 120 Å². The van der Waals surface area contributed by atoms with Crippen LogP contribution in [0.3, 0.4) is 0 Å². The van der Waals surface area contributed by atoms with Crippen LogP contribution in [0, 0.1) is 5.92 Å². The molecule has 2 atom stereocenters. The first-order valence-electron chi connectivity index (χ1n) is 16.0. The zero-order chi connectivity index (χ0) is 35.2. The van der Waals surface area contributed by atoms with Crippen LogP contribution in [-0.4, -0.2) is 55.1 Å². The van der Waals surface area contributed by atoms with E-state index in [-0.39, 0.29) is 24.1 Å². The van der Waals surface area contributed by atoms with Crippen LogP contribution in [0.15, 0.2) is 109 Å². The molecule has 0 heterocycles. The van der Waals surface area contributed by atoms with Crippen LogP contribution in [0.25, 0.3) is 0 Å². The van der Waals surface area contributed by atoms with Gasteiger partial charge in [-0.1, -0.05) is 86.6 Å². The molecule has 0 aliphatic carbocycles. The van der Waals surface area contributed by atoms with Gasteiger partial charge in [0, 0.05) is 17.1 Å². The fourth-order valence-corrected chi connectivity index (χ4v) is 5.91. The Kier molecular flexibility index (Phi) is 13.8. The summed E-state index contributed by atoms with van der Waals surface area (Å²) in [4.78, 5) is 52.1. The number of ketones is 1. The fraction of sp³-hybridized carbons (Fsp3) is 0.282. The highest BCUT2D eigenvalue weighted by Gasteiger charge is 2.32. The molecule has 4 aromatic rings. The van der Waals surface area contributed by atoms with E-state index in [1.807, 2.05) is 98.8 Å². The molecular formula is C39H42N2O7S. The number of nitrogens with one attached hydrogen (secondary N) is 2. The van der Waals surface area contributed by atoms with Crippen molar-refractivity contribution in [2.45, 2.75) is 44.7 Å². The van der Waals surface area contributed by atoms with E-state index in [2.05, 4.69) is 10.6 Å². The molecule has 4 aromatic carbocycles. The maximum absolute atomic E-state index is 13.8. The van der Waals surface area contributed by atoms with Crippen molar-refractivity contribution in [2.75, 3.05) is 19.5 Å². The third-order valence-corrected chi connectivity index (χ3v) is 8.76. The van der Waals surface area contributed by atoms with Crippen molar-refractivity contribution in [2.24, 2.45) is 5.92 Å². The van der Waals surface area contributed by atoms with E-state index >= 15 is 0 Å². The minimum Gasteiger partial charge on any atom is -0.497 e. The van der Waals surface area contributed by atoms with Crippen LogP contribution in [-0.2, 0) is 24.9 Å². The summed E-state index contributed by atoms with van der Waals surface area (Å²) in [6.45, 7) is 4.76. The van der Waals surface area contributed by atoms with E-state index in [0.29, 0.717) is 17.1 Å². The van der Waals surface area contributed by atoms with Crippen molar-refractivity contribution in [3.8, 4) is 11.5 Å². The molecule has 0 aliphatic rings. The molecule has 2 N–H and O–H groups in total. The molecular weight excluding hydrogens is 641 g/mol. The minimum absolute atomic E-state index is 0.0791. The smallest absolute Gasteiger partial charge is 0.329 e. The van der Waals surface area contributed by atoms with Crippen molar-refractivity contribution >= 4 is 35.3 Å². The normalized spacial score (nSPS) is 12.1. The average Bonchev–Trinajstić information content (AvgIpc) is 3.12. The maximum Gasteiger partial charge on any atom is 0.329 e. The molecule has 0 aliphatic heterocycles. The number of esters is 1. The van der Waals surface area contributed by atoms with Gasteiger partial charge in [-0.2, -0.15) is 11.8 Å². The van der Waals surface area contributed by atoms with Crippen LogP contribution in [0.1, 0.15) is 53.9 Å².